The first-order valence-electron chi connectivity index (χ1n) is 7.67. The lowest BCUT2D eigenvalue weighted by molar-refractivity contribution is 0.311. The van der Waals surface area contributed by atoms with Crippen LogP contribution in [0.4, 0.5) is 0 Å². The van der Waals surface area contributed by atoms with Gasteiger partial charge in [-0.15, -0.1) is 22.9 Å². The minimum atomic E-state index is 0.678. The molecule has 0 aliphatic carbocycles. The highest BCUT2D eigenvalue weighted by molar-refractivity contribution is 7.13. The van der Waals surface area contributed by atoms with Crippen molar-refractivity contribution in [1.29, 1.82) is 0 Å². The molecule has 2 nitrogen and oxygen atoms in total. The molecule has 0 aliphatic rings. The summed E-state index contributed by atoms with van der Waals surface area (Å²) < 4.78 is 5.91. The van der Waals surface area contributed by atoms with E-state index >= 15 is 0 Å². The van der Waals surface area contributed by atoms with Crippen LogP contribution < -0.4 is 4.74 Å². The fourth-order valence-corrected chi connectivity index (χ4v) is 3.31. The third kappa shape index (κ3) is 4.12. The number of hydrogen-bond acceptors (Lipinski definition) is 3. The van der Waals surface area contributed by atoms with Crippen LogP contribution in [-0.2, 0) is 0 Å². The van der Waals surface area contributed by atoms with E-state index in [0.29, 0.717) is 12.5 Å². The molecule has 0 bridgehead atoms. The van der Waals surface area contributed by atoms with Crippen LogP contribution in [0.3, 0.4) is 0 Å². The van der Waals surface area contributed by atoms with Crippen molar-refractivity contribution in [3.8, 4) is 27.6 Å². The van der Waals surface area contributed by atoms with Crippen molar-refractivity contribution in [2.45, 2.75) is 12.8 Å². The topological polar surface area (TPSA) is 22.1 Å². The molecule has 0 saturated heterocycles. The fraction of sp³-hybridized carbons (Fsp3) is 0.211. The predicted molar refractivity (Wildman–Crippen MR) is 98.4 cm³/mol. The average molecular weight is 344 g/mol. The summed E-state index contributed by atoms with van der Waals surface area (Å²) in [4.78, 5) is 4.77. The lowest BCUT2D eigenvalue weighted by Crippen LogP contribution is -1.99. The molecule has 118 valence electrons. The number of rotatable bonds is 7. The number of unbranched alkanes of at least 4 members (excludes halogenated alkanes) is 1. The summed E-state index contributed by atoms with van der Waals surface area (Å²) >= 11 is 7.36. The van der Waals surface area contributed by atoms with Crippen molar-refractivity contribution in [1.82, 2.24) is 4.98 Å². The number of hydrogen-bond donors (Lipinski definition) is 0. The summed E-state index contributed by atoms with van der Waals surface area (Å²) in [6, 6.07) is 18.3. The number of para-hydroxylation sites is 1. The zero-order valence-electron chi connectivity index (χ0n) is 12.7. The number of aromatic nitrogens is 1. The molecule has 0 radical (unpaired) electrons. The fourth-order valence-electron chi connectivity index (χ4n) is 2.29. The van der Waals surface area contributed by atoms with Crippen molar-refractivity contribution in [2.75, 3.05) is 12.5 Å². The first-order chi connectivity index (χ1) is 11.4. The van der Waals surface area contributed by atoms with Gasteiger partial charge in [-0.1, -0.05) is 42.5 Å². The molecule has 4 heteroatoms. The van der Waals surface area contributed by atoms with Crippen LogP contribution in [0, 0.1) is 0 Å². The van der Waals surface area contributed by atoms with E-state index < -0.39 is 0 Å². The second kappa shape index (κ2) is 8.14. The summed E-state index contributed by atoms with van der Waals surface area (Å²) in [5, 5.41) is 3.11. The molecule has 0 fully saturated rings. The molecule has 3 rings (SSSR count). The summed E-state index contributed by atoms with van der Waals surface area (Å²) in [5.74, 6) is 1.56. The zero-order chi connectivity index (χ0) is 15.9. The normalized spacial score (nSPS) is 10.7. The van der Waals surface area contributed by atoms with Gasteiger partial charge >= 0.3 is 0 Å². The monoisotopic (exact) mass is 343 g/mol. The third-order valence-corrected chi connectivity index (χ3v) is 4.63. The zero-order valence-corrected chi connectivity index (χ0v) is 14.3. The van der Waals surface area contributed by atoms with E-state index in [0.717, 1.165) is 40.4 Å². The van der Waals surface area contributed by atoms with Gasteiger partial charge in [0.15, 0.2) is 0 Å². The molecular formula is C19H18ClNOS. The van der Waals surface area contributed by atoms with E-state index in [1.54, 1.807) is 11.3 Å². The van der Waals surface area contributed by atoms with Crippen LogP contribution in [-0.4, -0.2) is 17.5 Å². The Morgan fingerprint density at radius 2 is 1.74 bits per heavy atom. The maximum Gasteiger partial charge on any atom is 0.128 e. The smallest absolute Gasteiger partial charge is 0.128 e. The highest BCUT2D eigenvalue weighted by Gasteiger charge is 2.11. The minimum Gasteiger partial charge on any atom is -0.493 e. The van der Waals surface area contributed by atoms with Crippen molar-refractivity contribution >= 4 is 22.9 Å². The van der Waals surface area contributed by atoms with Gasteiger partial charge in [0, 0.05) is 22.4 Å². The van der Waals surface area contributed by atoms with Gasteiger partial charge in [0.2, 0.25) is 0 Å². The Morgan fingerprint density at radius 1 is 0.957 bits per heavy atom. The highest BCUT2D eigenvalue weighted by Crippen LogP contribution is 2.33. The van der Waals surface area contributed by atoms with Crippen LogP contribution >= 0.6 is 22.9 Å². The van der Waals surface area contributed by atoms with Crippen molar-refractivity contribution in [3.63, 3.8) is 0 Å². The maximum atomic E-state index is 5.91. The van der Waals surface area contributed by atoms with E-state index in [1.807, 2.05) is 36.4 Å². The van der Waals surface area contributed by atoms with Gasteiger partial charge in [-0.2, -0.15) is 0 Å². The number of benzene rings is 2. The number of halogens is 1. The molecule has 1 heterocycles. The predicted octanol–water partition coefficient (Wildman–Crippen LogP) is 5.87. The molecule has 0 atom stereocenters. The Kier molecular flexibility index (Phi) is 5.67. The Balaban J connectivity index is 1.81. The van der Waals surface area contributed by atoms with Gasteiger partial charge < -0.3 is 4.74 Å². The lowest BCUT2D eigenvalue weighted by Gasteiger charge is -2.09. The standard InChI is InChI=1S/C19H18ClNOS/c20-12-6-7-13-22-18-11-5-4-10-16(18)17-14-23-19(21-17)15-8-2-1-3-9-15/h1-5,8-11,14H,6-7,12-13H2. The Hall–Kier alpha value is -1.84. The second-order valence-electron chi connectivity index (χ2n) is 5.14. The van der Waals surface area contributed by atoms with Crippen LogP contribution in [0.1, 0.15) is 12.8 Å². The minimum absolute atomic E-state index is 0.678. The SMILES string of the molecule is ClCCCCOc1ccccc1-c1csc(-c2ccccc2)n1. The van der Waals surface area contributed by atoms with Crippen molar-refractivity contribution in [3.05, 3.63) is 60.0 Å². The van der Waals surface area contributed by atoms with E-state index in [4.69, 9.17) is 21.3 Å². The molecule has 0 spiro atoms. The molecule has 1 aromatic heterocycles. The number of ether oxygens (including phenoxy) is 1. The average Bonchev–Trinajstić information content (AvgIpc) is 3.10. The quantitative estimate of drug-likeness (QED) is 0.395. The summed E-state index contributed by atoms with van der Waals surface area (Å²) in [7, 11) is 0. The van der Waals surface area contributed by atoms with Crippen LogP contribution in [0.15, 0.2) is 60.0 Å². The Bertz CT molecular complexity index is 742. The molecule has 3 aromatic rings. The van der Waals surface area contributed by atoms with Gasteiger partial charge in [0.1, 0.15) is 10.8 Å². The highest BCUT2D eigenvalue weighted by atomic mass is 35.5. The van der Waals surface area contributed by atoms with Gasteiger partial charge in [-0.05, 0) is 25.0 Å². The molecule has 0 unspecified atom stereocenters. The first kappa shape index (κ1) is 16.0. The molecular weight excluding hydrogens is 326 g/mol. The summed E-state index contributed by atoms with van der Waals surface area (Å²) in [5.41, 5.74) is 3.14. The third-order valence-electron chi connectivity index (χ3n) is 3.47. The van der Waals surface area contributed by atoms with Crippen LogP contribution in [0.5, 0.6) is 5.75 Å². The Labute approximate surface area is 145 Å². The van der Waals surface area contributed by atoms with E-state index in [9.17, 15) is 0 Å². The number of nitrogens with zero attached hydrogens (tertiary/aromatic N) is 1. The van der Waals surface area contributed by atoms with Crippen molar-refractivity contribution < 1.29 is 4.74 Å². The molecule has 0 amide bonds. The summed E-state index contributed by atoms with van der Waals surface area (Å²) in [6.45, 7) is 0.680. The molecule has 2 aromatic carbocycles. The van der Waals surface area contributed by atoms with Gasteiger partial charge in [-0.3, -0.25) is 0 Å². The number of thiazole rings is 1. The van der Waals surface area contributed by atoms with Gasteiger partial charge in [-0.25, -0.2) is 4.98 Å². The Morgan fingerprint density at radius 3 is 2.57 bits per heavy atom. The van der Waals surface area contributed by atoms with Crippen LogP contribution in [0.25, 0.3) is 21.8 Å². The van der Waals surface area contributed by atoms with Crippen molar-refractivity contribution in [2.24, 2.45) is 0 Å². The second-order valence-corrected chi connectivity index (χ2v) is 6.38. The van der Waals surface area contributed by atoms with E-state index in [1.165, 1.54) is 0 Å². The largest absolute Gasteiger partial charge is 0.493 e. The van der Waals surface area contributed by atoms with E-state index in [2.05, 4.69) is 23.6 Å². The first-order valence-corrected chi connectivity index (χ1v) is 9.09. The summed E-state index contributed by atoms with van der Waals surface area (Å²) in [6.07, 6.45) is 1.93. The molecule has 23 heavy (non-hydrogen) atoms. The van der Waals surface area contributed by atoms with Gasteiger partial charge in [0.05, 0.1) is 12.3 Å². The molecule has 0 saturated carbocycles. The maximum absolute atomic E-state index is 5.91. The lowest BCUT2D eigenvalue weighted by atomic mass is 10.1. The molecule has 0 aliphatic heterocycles. The molecule has 0 N–H and O–H groups in total. The number of alkyl halides is 1. The van der Waals surface area contributed by atoms with E-state index in [-0.39, 0.29) is 0 Å². The van der Waals surface area contributed by atoms with Crippen LogP contribution in [0.2, 0.25) is 0 Å². The van der Waals surface area contributed by atoms with Gasteiger partial charge in [0.25, 0.3) is 0 Å².